The van der Waals surface area contributed by atoms with Gasteiger partial charge in [-0.15, -0.1) is 0 Å². The van der Waals surface area contributed by atoms with E-state index in [4.69, 9.17) is 11.5 Å². The summed E-state index contributed by atoms with van der Waals surface area (Å²) in [5, 5.41) is 0. The number of anilines is 2. The van der Waals surface area contributed by atoms with E-state index in [0.29, 0.717) is 11.8 Å². The van der Waals surface area contributed by atoms with E-state index in [9.17, 15) is 0 Å². The zero-order chi connectivity index (χ0) is 39.5. The van der Waals surface area contributed by atoms with Gasteiger partial charge in [-0.25, -0.2) is 0 Å². The van der Waals surface area contributed by atoms with Crippen LogP contribution in [0, 0.1) is 0 Å². The average molecular weight is 757 g/mol. The minimum atomic E-state index is 0.457. The molecule has 56 heavy (non-hydrogen) atoms. The molecular weight excluding hydrogens is 677 g/mol. The Morgan fingerprint density at radius 1 is 0.304 bits per heavy atom. The summed E-state index contributed by atoms with van der Waals surface area (Å²) < 4.78 is 0. The van der Waals surface area contributed by atoms with Crippen LogP contribution in [-0.4, -0.2) is 0 Å². The molecule has 0 spiro atoms. The molecular formula is C54H80N2. The number of nitrogen functional groups attached to an aromatic ring is 2. The van der Waals surface area contributed by atoms with Gasteiger partial charge >= 0.3 is 0 Å². The van der Waals surface area contributed by atoms with Crippen molar-refractivity contribution >= 4 is 11.4 Å². The smallest absolute Gasteiger partial charge is 0.0314 e. The van der Waals surface area contributed by atoms with Gasteiger partial charge in [0, 0.05) is 23.2 Å². The highest BCUT2D eigenvalue weighted by Gasteiger charge is 2.16. The van der Waals surface area contributed by atoms with Gasteiger partial charge in [0.2, 0.25) is 0 Å². The summed E-state index contributed by atoms with van der Waals surface area (Å²) in [5.41, 5.74) is 22.5. The Kier molecular flexibility index (Phi) is 22.6. The quantitative estimate of drug-likeness (QED) is 0.0397. The summed E-state index contributed by atoms with van der Waals surface area (Å²) >= 11 is 0. The fraction of sp³-hybridized carbons (Fsp3) is 0.556. The molecule has 0 amide bonds. The number of nitrogens with two attached hydrogens (primary N) is 2. The molecule has 0 saturated carbocycles. The van der Waals surface area contributed by atoms with Crippen LogP contribution in [0.2, 0.25) is 0 Å². The molecule has 306 valence electrons. The predicted molar refractivity (Wildman–Crippen MR) is 248 cm³/mol. The van der Waals surface area contributed by atoms with Gasteiger partial charge in [-0.2, -0.15) is 0 Å². The maximum absolute atomic E-state index is 6.05. The lowest BCUT2D eigenvalue weighted by Gasteiger charge is -2.19. The first-order valence-electron chi connectivity index (χ1n) is 23.5. The lowest BCUT2D eigenvalue weighted by atomic mass is 9.86. The predicted octanol–water partition coefficient (Wildman–Crippen LogP) is 16.3. The molecule has 0 aromatic heterocycles. The third-order valence-electron chi connectivity index (χ3n) is 12.3. The standard InChI is InChI=1S/C54H80N2/c1-3-5-7-9-11-13-19-23-27-53(49-37-41-51(55)42-38-49)47-33-29-45(30-34-47)25-21-17-15-16-18-22-26-46-31-35-48(36-32-46)54(50-39-43-52(56)44-40-50)28-24-20-14-12-10-8-6-4-2/h29-44,53-54H,3-28,55-56H2,1-2H3. The van der Waals surface area contributed by atoms with Crippen molar-refractivity contribution in [2.24, 2.45) is 0 Å². The van der Waals surface area contributed by atoms with Crippen LogP contribution in [0.15, 0.2) is 97.1 Å². The maximum atomic E-state index is 6.05. The number of hydrogen-bond donors (Lipinski definition) is 2. The third-order valence-corrected chi connectivity index (χ3v) is 12.3. The monoisotopic (exact) mass is 757 g/mol. The lowest BCUT2D eigenvalue weighted by Crippen LogP contribution is -2.02. The molecule has 0 radical (unpaired) electrons. The molecule has 2 atom stereocenters. The van der Waals surface area contributed by atoms with Crippen LogP contribution in [0.25, 0.3) is 0 Å². The topological polar surface area (TPSA) is 52.0 Å². The second-order valence-corrected chi connectivity index (χ2v) is 17.1. The van der Waals surface area contributed by atoms with E-state index >= 15 is 0 Å². The molecule has 4 aromatic rings. The third kappa shape index (κ3) is 17.7. The molecule has 4 rings (SSSR count). The summed E-state index contributed by atoms with van der Waals surface area (Å²) in [6.07, 6.45) is 34.6. The molecule has 0 aliphatic heterocycles. The summed E-state index contributed by atoms with van der Waals surface area (Å²) in [6, 6.07) is 36.5. The number of benzene rings is 4. The summed E-state index contributed by atoms with van der Waals surface area (Å²) in [4.78, 5) is 0. The van der Waals surface area contributed by atoms with Crippen LogP contribution in [0.1, 0.15) is 213 Å². The lowest BCUT2D eigenvalue weighted by molar-refractivity contribution is 0.551. The molecule has 2 nitrogen and oxygen atoms in total. The largest absolute Gasteiger partial charge is 0.399 e. The molecule has 0 bridgehead atoms. The van der Waals surface area contributed by atoms with Gasteiger partial charge in [-0.3, -0.25) is 0 Å². The van der Waals surface area contributed by atoms with Gasteiger partial charge in [0.05, 0.1) is 0 Å². The highest BCUT2D eigenvalue weighted by molar-refractivity contribution is 5.44. The molecule has 0 saturated heterocycles. The first kappa shape index (κ1) is 45.2. The van der Waals surface area contributed by atoms with E-state index in [1.807, 2.05) is 0 Å². The molecule has 4 N–H and O–H groups in total. The van der Waals surface area contributed by atoms with Gasteiger partial charge in [-0.1, -0.05) is 215 Å². The van der Waals surface area contributed by atoms with Crippen LogP contribution < -0.4 is 11.5 Å². The van der Waals surface area contributed by atoms with Gasteiger partial charge in [-0.05, 0) is 96.2 Å². The number of unbranched alkanes of at least 4 members (excludes halogenated alkanes) is 19. The number of aryl methyl sites for hydroxylation is 2. The Bertz CT molecular complexity index is 1400. The molecule has 2 unspecified atom stereocenters. The van der Waals surface area contributed by atoms with Crippen molar-refractivity contribution in [2.45, 2.75) is 193 Å². The molecule has 0 fully saturated rings. The SMILES string of the molecule is CCCCCCCCCCC(c1ccc(N)cc1)c1ccc(CCCCCCCCc2ccc(C(CCCCCCCCCC)c3ccc(N)cc3)cc2)cc1. The first-order chi connectivity index (χ1) is 27.6. The van der Waals surface area contributed by atoms with Gasteiger partial charge in [0.15, 0.2) is 0 Å². The minimum Gasteiger partial charge on any atom is -0.399 e. The van der Waals surface area contributed by atoms with Crippen LogP contribution in [0.5, 0.6) is 0 Å². The van der Waals surface area contributed by atoms with Gasteiger partial charge in [0.1, 0.15) is 0 Å². The van der Waals surface area contributed by atoms with E-state index in [2.05, 4.69) is 111 Å². The summed E-state index contributed by atoms with van der Waals surface area (Å²) in [5.74, 6) is 0.914. The van der Waals surface area contributed by atoms with Crippen molar-refractivity contribution in [3.63, 3.8) is 0 Å². The van der Waals surface area contributed by atoms with Crippen LogP contribution in [-0.2, 0) is 12.8 Å². The Labute approximate surface area is 344 Å². The highest BCUT2D eigenvalue weighted by Crippen LogP contribution is 2.33. The normalized spacial score (nSPS) is 12.5. The van der Waals surface area contributed by atoms with Crippen molar-refractivity contribution in [3.05, 3.63) is 130 Å². The second kappa shape index (κ2) is 28.0. The fourth-order valence-electron chi connectivity index (χ4n) is 8.67. The summed E-state index contributed by atoms with van der Waals surface area (Å²) in [7, 11) is 0. The first-order valence-corrected chi connectivity index (χ1v) is 23.5. The van der Waals surface area contributed by atoms with Gasteiger partial charge < -0.3 is 11.5 Å². The van der Waals surface area contributed by atoms with E-state index in [0.717, 1.165) is 11.4 Å². The zero-order valence-corrected chi connectivity index (χ0v) is 35.9. The Morgan fingerprint density at radius 3 is 0.857 bits per heavy atom. The van der Waals surface area contributed by atoms with Gasteiger partial charge in [0.25, 0.3) is 0 Å². The van der Waals surface area contributed by atoms with Crippen molar-refractivity contribution in [1.29, 1.82) is 0 Å². The van der Waals surface area contributed by atoms with Crippen LogP contribution in [0.4, 0.5) is 11.4 Å². The van der Waals surface area contributed by atoms with Crippen LogP contribution in [0.3, 0.4) is 0 Å². The minimum absolute atomic E-state index is 0.457. The Hall–Kier alpha value is -3.52. The van der Waals surface area contributed by atoms with E-state index in [-0.39, 0.29) is 0 Å². The molecule has 0 aliphatic rings. The Balaban J connectivity index is 1.13. The molecule has 0 heterocycles. The van der Waals surface area contributed by atoms with Crippen molar-refractivity contribution in [3.8, 4) is 0 Å². The summed E-state index contributed by atoms with van der Waals surface area (Å²) in [6.45, 7) is 4.59. The second-order valence-electron chi connectivity index (χ2n) is 17.1. The van der Waals surface area contributed by atoms with Crippen molar-refractivity contribution in [1.82, 2.24) is 0 Å². The molecule has 4 aromatic carbocycles. The molecule has 2 heteroatoms. The van der Waals surface area contributed by atoms with E-state index < -0.39 is 0 Å². The number of rotatable bonds is 31. The zero-order valence-electron chi connectivity index (χ0n) is 35.9. The van der Waals surface area contributed by atoms with E-state index in [1.165, 1.54) is 200 Å². The van der Waals surface area contributed by atoms with Crippen molar-refractivity contribution in [2.75, 3.05) is 11.5 Å². The highest BCUT2D eigenvalue weighted by atomic mass is 14.5. The van der Waals surface area contributed by atoms with E-state index in [1.54, 1.807) is 0 Å². The Morgan fingerprint density at radius 2 is 0.554 bits per heavy atom. The molecule has 0 aliphatic carbocycles. The fourth-order valence-corrected chi connectivity index (χ4v) is 8.67. The van der Waals surface area contributed by atoms with Crippen LogP contribution >= 0.6 is 0 Å². The maximum Gasteiger partial charge on any atom is 0.0314 e. The van der Waals surface area contributed by atoms with Crippen molar-refractivity contribution < 1.29 is 0 Å². The number of hydrogen-bond acceptors (Lipinski definition) is 2. The average Bonchev–Trinajstić information content (AvgIpc) is 3.22.